The first-order chi connectivity index (χ1) is 10.1. The minimum absolute atomic E-state index is 0.0756. The van der Waals surface area contributed by atoms with Gasteiger partial charge in [0.05, 0.1) is 12.1 Å². The molecule has 0 saturated carbocycles. The first-order valence-corrected chi connectivity index (χ1v) is 7.48. The highest BCUT2D eigenvalue weighted by molar-refractivity contribution is 5.76. The van der Waals surface area contributed by atoms with E-state index in [0.29, 0.717) is 19.0 Å². The fraction of sp³-hybridized carbons (Fsp3) is 0.786. The third kappa shape index (κ3) is 4.50. The van der Waals surface area contributed by atoms with Crippen molar-refractivity contribution in [3.8, 4) is 0 Å². The number of nitrogens with one attached hydrogen (secondary N) is 1. The van der Waals surface area contributed by atoms with Gasteiger partial charge in [0.2, 0.25) is 5.91 Å². The summed E-state index contributed by atoms with van der Waals surface area (Å²) >= 11 is 0. The van der Waals surface area contributed by atoms with Gasteiger partial charge in [-0.3, -0.25) is 14.4 Å². The van der Waals surface area contributed by atoms with E-state index in [4.69, 9.17) is 4.74 Å². The Bertz CT molecular complexity index is 435. The number of likely N-dealkylation sites (tertiary alicyclic amines) is 1. The highest BCUT2D eigenvalue weighted by Crippen LogP contribution is 2.16. The third-order valence-corrected chi connectivity index (χ3v) is 3.93. The van der Waals surface area contributed by atoms with Gasteiger partial charge in [-0.25, -0.2) is 4.98 Å². The van der Waals surface area contributed by atoms with Crippen molar-refractivity contribution in [2.24, 2.45) is 0 Å². The maximum atomic E-state index is 12.0. The van der Waals surface area contributed by atoms with E-state index in [1.54, 1.807) is 18.1 Å². The summed E-state index contributed by atoms with van der Waals surface area (Å²) in [5, 5.41) is 7.11. The fourth-order valence-electron chi connectivity index (χ4n) is 2.63. The first-order valence-electron chi connectivity index (χ1n) is 7.48. The van der Waals surface area contributed by atoms with Crippen molar-refractivity contribution in [2.45, 2.75) is 51.4 Å². The summed E-state index contributed by atoms with van der Waals surface area (Å²) in [4.78, 5) is 18.2. The maximum absolute atomic E-state index is 12.0. The smallest absolute Gasteiger partial charge is 0.220 e. The van der Waals surface area contributed by atoms with E-state index in [-0.39, 0.29) is 18.1 Å². The van der Waals surface area contributed by atoms with Crippen LogP contribution in [0.15, 0.2) is 12.7 Å². The van der Waals surface area contributed by atoms with Crippen LogP contribution in [0, 0.1) is 0 Å². The standard InChI is InChI=1S/C14H25N5O2/c1-11(2)18-7-12(13(8-18)21-3)17-14(20)5-4-6-19-10-15-9-16-19/h9-13H,4-8H2,1-3H3,(H,17,20)/t12-,13-/m0/s1. The normalized spacial score (nSPS) is 22.9. The van der Waals surface area contributed by atoms with Crippen molar-refractivity contribution in [3.63, 3.8) is 0 Å². The van der Waals surface area contributed by atoms with Gasteiger partial charge in [-0.2, -0.15) is 5.10 Å². The Kier molecular flexibility index (Phi) is 5.69. The van der Waals surface area contributed by atoms with Crippen molar-refractivity contribution in [3.05, 3.63) is 12.7 Å². The molecule has 2 atom stereocenters. The van der Waals surface area contributed by atoms with Crippen molar-refractivity contribution >= 4 is 5.91 Å². The molecule has 1 fully saturated rings. The summed E-state index contributed by atoms with van der Waals surface area (Å²) in [5.41, 5.74) is 0. The molecule has 0 bridgehead atoms. The Labute approximate surface area is 125 Å². The Balaban J connectivity index is 1.73. The summed E-state index contributed by atoms with van der Waals surface area (Å²) in [6.07, 6.45) is 4.49. The van der Waals surface area contributed by atoms with Crippen LogP contribution in [0.5, 0.6) is 0 Å². The first kappa shape index (κ1) is 15.9. The summed E-state index contributed by atoms with van der Waals surface area (Å²) in [7, 11) is 1.71. The van der Waals surface area contributed by atoms with Crippen LogP contribution < -0.4 is 5.32 Å². The number of nitrogens with zero attached hydrogens (tertiary/aromatic N) is 4. The Morgan fingerprint density at radius 3 is 2.90 bits per heavy atom. The molecule has 0 aliphatic carbocycles. The number of ether oxygens (including phenoxy) is 1. The fourth-order valence-corrected chi connectivity index (χ4v) is 2.63. The van der Waals surface area contributed by atoms with Gasteiger partial charge in [-0.15, -0.1) is 0 Å². The van der Waals surface area contributed by atoms with Crippen LogP contribution >= 0.6 is 0 Å². The van der Waals surface area contributed by atoms with Gasteiger partial charge in [0.15, 0.2) is 0 Å². The molecule has 1 aliphatic rings. The average molecular weight is 295 g/mol. The molecule has 21 heavy (non-hydrogen) atoms. The number of methoxy groups -OCH3 is 1. The van der Waals surface area contributed by atoms with Gasteiger partial charge in [0, 0.05) is 39.2 Å². The lowest BCUT2D eigenvalue weighted by molar-refractivity contribution is -0.122. The van der Waals surface area contributed by atoms with E-state index in [1.807, 2.05) is 0 Å². The number of aromatic nitrogens is 3. The van der Waals surface area contributed by atoms with Gasteiger partial charge in [0.1, 0.15) is 12.7 Å². The molecular weight excluding hydrogens is 270 g/mol. The Hall–Kier alpha value is -1.47. The molecule has 0 spiro atoms. The lowest BCUT2D eigenvalue weighted by Gasteiger charge is -2.20. The largest absolute Gasteiger partial charge is 0.378 e. The lowest BCUT2D eigenvalue weighted by Crippen LogP contribution is -2.43. The molecule has 0 unspecified atom stereocenters. The van der Waals surface area contributed by atoms with Crippen LogP contribution in [0.2, 0.25) is 0 Å². The predicted octanol–water partition coefficient (Wildman–Crippen LogP) is 0.282. The molecule has 7 nitrogen and oxygen atoms in total. The molecule has 0 aromatic carbocycles. The van der Waals surface area contributed by atoms with Gasteiger partial charge < -0.3 is 10.1 Å². The molecule has 1 aromatic rings. The number of aryl methyl sites for hydroxylation is 1. The van der Waals surface area contributed by atoms with E-state index in [9.17, 15) is 4.79 Å². The van der Waals surface area contributed by atoms with Crippen molar-refractivity contribution in [1.82, 2.24) is 25.0 Å². The quantitative estimate of drug-likeness (QED) is 0.782. The molecule has 7 heteroatoms. The molecule has 1 aliphatic heterocycles. The number of carbonyl (C=O) groups excluding carboxylic acids is 1. The van der Waals surface area contributed by atoms with Crippen LogP contribution in [-0.4, -0.2) is 64.0 Å². The predicted molar refractivity (Wildman–Crippen MR) is 78.7 cm³/mol. The summed E-state index contributed by atoms with van der Waals surface area (Å²) in [6, 6.07) is 0.549. The van der Waals surface area contributed by atoms with Crippen LogP contribution in [0.3, 0.4) is 0 Å². The molecule has 1 N–H and O–H groups in total. The molecule has 2 rings (SSSR count). The zero-order valence-electron chi connectivity index (χ0n) is 13.0. The molecular formula is C14H25N5O2. The second-order valence-electron chi connectivity index (χ2n) is 5.76. The van der Waals surface area contributed by atoms with E-state index in [0.717, 1.165) is 19.5 Å². The Morgan fingerprint density at radius 1 is 1.48 bits per heavy atom. The highest BCUT2D eigenvalue weighted by atomic mass is 16.5. The molecule has 0 radical (unpaired) electrons. The van der Waals surface area contributed by atoms with Gasteiger partial charge in [-0.1, -0.05) is 0 Å². The SMILES string of the molecule is CO[C@H]1CN(C(C)C)C[C@@H]1NC(=O)CCCn1cncn1. The van der Waals surface area contributed by atoms with E-state index in [2.05, 4.69) is 34.1 Å². The van der Waals surface area contributed by atoms with Crippen molar-refractivity contribution in [2.75, 3.05) is 20.2 Å². The number of hydrogen-bond acceptors (Lipinski definition) is 5. The number of hydrogen-bond donors (Lipinski definition) is 1. The van der Waals surface area contributed by atoms with E-state index < -0.39 is 0 Å². The molecule has 1 aromatic heterocycles. The number of rotatable bonds is 7. The minimum atomic E-state index is 0.0756. The average Bonchev–Trinajstić information content (AvgIpc) is 3.08. The second-order valence-corrected chi connectivity index (χ2v) is 5.76. The highest BCUT2D eigenvalue weighted by Gasteiger charge is 2.34. The lowest BCUT2D eigenvalue weighted by atomic mass is 10.2. The summed E-state index contributed by atoms with van der Waals surface area (Å²) < 4.78 is 7.23. The Morgan fingerprint density at radius 2 is 2.29 bits per heavy atom. The van der Waals surface area contributed by atoms with Gasteiger partial charge >= 0.3 is 0 Å². The second kappa shape index (κ2) is 7.51. The summed E-state index contributed by atoms with van der Waals surface area (Å²) in [5.74, 6) is 0.0766. The topological polar surface area (TPSA) is 72.3 Å². The minimum Gasteiger partial charge on any atom is -0.378 e. The zero-order valence-corrected chi connectivity index (χ0v) is 13.0. The maximum Gasteiger partial charge on any atom is 0.220 e. The molecule has 1 saturated heterocycles. The van der Waals surface area contributed by atoms with Crippen molar-refractivity contribution < 1.29 is 9.53 Å². The van der Waals surface area contributed by atoms with E-state index >= 15 is 0 Å². The molecule has 2 heterocycles. The number of carbonyl (C=O) groups is 1. The summed E-state index contributed by atoms with van der Waals surface area (Å²) in [6.45, 7) is 6.76. The third-order valence-electron chi connectivity index (χ3n) is 3.93. The van der Waals surface area contributed by atoms with Crippen molar-refractivity contribution in [1.29, 1.82) is 0 Å². The van der Waals surface area contributed by atoms with E-state index in [1.165, 1.54) is 6.33 Å². The van der Waals surface area contributed by atoms with Gasteiger partial charge in [0.25, 0.3) is 0 Å². The zero-order chi connectivity index (χ0) is 15.2. The molecule has 118 valence electrons. The monoisotopic (exact) mass is 295 g/mol. The molecule has 1 amide bonds. The van der Waals surface area contributed by atoms with Crippen LogP contribution in [0.25, 0.3) is 0 Å². The van der Waals surface area contributed by atoms with Crippen LogP contribution in [-0.2, 0) is 16.1 Å². The van der Waals surface area contributed by atoms with Crippen LogP contribution in [0.1, 0.15) is 26.7 Å². The number of amides is 1. The van der Waals surface area contributed by atoms with Crippen LogP contribution in [0.4, 0.5) is 0 Å². The van der Waals surface area contributed by atoms with Gasteiger partial charge in [-0.05, 0) is 20.3 Å².